The van der Waals surface area contributed by atoms with Crippen LogP contribution in [0.3, 0.4) is 0 Å². The summed E-state index contributed by atoms with van der Waals surface area (Å²) in [6, 6.07) is 8.36. The van der Waals surface area contributed by atoms with E-state index in [1.54, 1.807) is 20.8 Å². The number of amides is 1. The van der Waals surface area contributed by atoms with Crippen molar-refractivity contribution >= 4 is 29.2 Å². The van der Waals surface area contributed by atoms with Crippen molar-refractivity contribution in [3.8, 4) is 0 Å². The third kappa shape index (κ3) is 8.10. The van der Waals surface area contributed by atoms with E-state index in [0.717, 1.165) is 16.9 Å². The van der Waals surface area contributed by atoms with Gasteiger partial charge in [0.15, 0.2) is 11.5 Å². The van der Waals surface area contributed by atoms with E-state index < -0.39 is 29.5 Å². The van der Waals surface area contributed by atoms with Crippen molar-refractivity contribution < 1.29 is 23.9 Å². The molecule has 1 heterocycles. The largest absolute Gasteiger partial charge is 0.456 e. The van der Waals surface area contributed by atoms with Crippen LogP contribution in [0.5, 0.6) is 0 Å². The number of nitrogens with two attached hydrogens (primary N) is 1. The van der Waals surface area contributed by atoms with E-state index in [4.69, 9.17) is 15.2 Å². The predicted octanol–water partition coefficient (Wildman–Crippen LogP) is 3.71. The van der Waals surface area contributed by atoms with E-state index in [1.165, 1.54) is 5.51 Å². The molecule has 0 aliphatic rings. The highest BCUT2D eigenvalue weighted by Crippen LogP contribution is 2.20. The van der Waals surface area contributed by atoms with Crippen molar-refractivity contribution in [1.29, 1.82) is 0 Å². The first-order valence-corrected chi connectivity index (χ1v) is 11.0. The number of alkyl carbamates (subject to hydrolysis) is 1. The third-order valence-corrected chi connectivity index (χ3v) is 4.99. The number of unbranched alkanes of at least 4 members (excludes halogenated alkanes) is 1. The van der Waals surface area contributed by atoms with Gasteiger partial charge in [0.1, 0.15) is 17.1 Å². The van der Waals surface area contributed by atoms with E-state index in [1.807, 2.05) is 30.3 Å². The number of hydrogen-bond acceptors (Lipinski definition) is 8. The van der Waals surface area contributed by atoms with Crippen LogP contribution in [0.4, 0.5) is 4.79 Å². The van der Waals surface area contributed by atoms with Gasteiger partial charge in [0, 0.05) is 0 Å². The fourth-order valence-corrected chi connectivity index (χ4v) is 3.50. The standard InChI is InChI=1S/C22H29N3O5S/c1-22(2,3)30-21(28)25-16(11-7-8-12-23)18(26)19-17(24-14-31-19)20(27)29-13-15-9-5-4-6-10-15/h4-6,9-10,14,16H,7-8,11-13,23H2,1-3H3,(H,25,28)/t16-/m0/s1. The first-order chi connectivity index (χ1) is 14.7. The Balaban J connectivity index is 2.11. The van der Waals surface area contributed by atoms with Gasteiger partial charge >= 0.3 is 12.1 Å². The minimum atomic E-state index is -0.859. The van der Waals surface area contributed by atoms with Gasteiger partial charge in [-0.05, 0) is 52.1 Å². The summed E-state index contributed by atoms with van der Waals surface area (Å²) in [5.74, 6) is -1.09. The number of ether oxygens (including phenoxy) is 2. The van der Waals surface area contributed by atoms with Crippen LogP contribution >= 0.6 is 11.3 Å². The second-order valence-corrected chi connectivity index (χ2v) is 8.79. The van der Waals surface area contributed by atoms with Crippen LogP contribution in [-0.2, 0) is 16.1 Å². The molecule has 1 aromatic carbocycles. The van der Waals surface area contributed by atoms with Gasteiger partial charge in [0.25, 0.3) is 0 Å². The lowest BCUT2D eigenvalue weighted by Gasteiger charge is -2.23. The number of rotatable bonds is 10. The number of ketones is 1. The smallest absolute Gasteiger partial charge is 0.408 e. The quantitative estimate of drug-likeness (QED) is 0.323. The highest BCUT2D eigenvalue weighted by atomic mass is 32.1. The van der Waals surface area contributed by atoms with E-state index in [9.17, 15) is 14.4 Å². The topological polar surface area (TPSA) is 121 Å². The normalized spacial score (nSPS) is 12.1. The van der Waals surface area contributed by atoms with Crippen LogP contribution in [0.1, 0.15) is 65.8 Å². The van der Waals surface area contributed by atoms with Crippen molar-refractivity contribution in [3.63, 3.8) is 0 Å². The Morgan fingerprint density at radius 3 is 2.52 bits per heavy atom. The van der Waals surface area contributed by atoms with Crippen LogP contribution in [0.25, 0.3) is 0 Å². The Hall–Kier alpha value is -2.78. The van der Waals surface area contributed by atoms with Crippen LogP contribution < -0.4 is 11.1 Å². The molecule has 2 rings (SSSR count). The van der Waals surface area contributed by atoms with Crippen molar-refractivity contribution in [1.82, 2.24) is 10.3 Å². The summed E-state index contributed by atoms with van der Waals surface area (Å²) >= 11 is 1.04. The molecule has 1 aromatic heterocycles. The third-order valence-electron chi connectivity index (χ3n) is 4.15. The summed E-state index contributed by atoms with van der Waals surface area (Å²) in [6.45, 7) is 5.76. The number of hydrogen-bond donors (Lipinski definition) is 2. The zero-order valence-corrected chi connectivity index (χ0v) is 18.9. The summed E-state index contributed by atoms with van der Waals surface area (Å²) in [4.78, 5) is 42.1. The molecule has 0 aliphatic carbocycles. The molecule has 0 saturated heterocycles. The van der Waals surface area contributed by atoms with E-state index in [2.05, 4.69) is 10.3 Å². The van der Waals surface area contributed by atoms with Gasteiger partial charge in [-0.15, -0.1) is 11.3 Å². The van der Waals surface area contributed by atoms with Crippen LogP contribution in [0.15, 0.2) is 35.8 Å². The lowest BCUT2D eigenvalue weighted by Crippen LogP contribution is -2.43. The Bertz CT molecular complexity index is 877. The number of thiazole rings is 1. The average molecular weight is 448 g/mol. The number of carbonyl (C=O) groups excluding carboxylic acids is 3. The molecule has 1 atom stereocenters. The van der Waals surface area contributed by atoms with Gasteiger partial charge in [0.05, 0.1) is 11.6 Å². The van der Waals surface area contributed by atoms with Gasteiger partial charge in [-0.25, -0.2) is 14.6 Å². The monoisotopic (exact) mass is 447 g/mol. The number of Topliss-reactive ketones (excluding diaryl/α,β-unsaturated/α-hetero) is 1. The summed E-state index contributed by atoms with van der Waals surface area (Å²) in [6.07, 6.45) is 1.01. The van der Waals surface area contributed by atoms with Crippen LogP contribution in [0.2, 0.25) is 0 Å². The summed E-state index contributed by atoms with van der Waals surface area (Å²) in [5.41, 5.74) is 7.03. The predicted molar refractivity (Wildman–Crippen MR) is 118 cm³/mol. The molecule has 1 amide bonds. The molecule has 3 N–H and O–H groups in total. The molecule has 2 aromatic rings. The van der Waals surface area contributed by atoms with Gasteiger partial charge in [-0.1, -0.05) is 30.3 Å². The van der Waals surface area contributed by atoms with E-state index in [-0.39, 0.29) is 17.2 Å². The number of aromatic nitrogens is 1. The lowest BCUT2D eigenvalue weighted by molar-refractivity contribution is 0.0463. The lowest BCUT2D eigenvalue weighted by atomic mass is 10.0. The highest BCUT2D eigenvalue weighted by Gasteiger charge is 2.30. The van der Waals surface area contributed by atoms with Gasteiger partial charge in [-0.3, -0.25) is 4.79 Å². The van der Waals surface area contributed by atoms with Gasteiger partial charge < -0.3 is 20.5 Å². The van der Waals surface area contributed by atoms with Gasteiger partial charge in [-0.2, -0.15) is 0 Å². The zero-order valence-electron chi connectivity index (χ0n) is 18.1. The molecule has 0 spiro atoms. The van der Waals surface area contributed by atoms with Crippen molar-refractivity contribution in [2.24, 2.45) is 5.73 Å². The van der Waals surface area contributed by atoms with E-state index >= 15 is 0 Å². The SMILES string of the molecule is CC(C)(C)OC(=O)N[C@@H](CCCCN)C(=O)c1scnc1C(=O)OCc1ccccc1. The highest BCUT2D eigenvalue weighted by molar-refractivity contribution is 7.12. The maximum absolute atomic E-state index is 13.2. The van der Waals surface area contributed by atoms with Crippen LogP contribution in [-0.4, -0.2) is 41.0 Å². The first-order valence-electron chi connectivity index (χ1n) is 10.1. The Kier molecular flexibility index (Phi) is 9.14. The maximum Gasteiger partial charge on any atom is 0.408 e. The summed E-state index contributed by atoms with van der Waals surface area (Å²) in [5, 5.41) is 2.62. The average Bonchev–Trinajstić information content (AvgIpc) is 3.20. The molecule has 0 unspecified atom stereocenters. The minimum Gasteiger partial charge on any atom is -0.456 e. The fraction of sp³-hybridized carbons (Fsp3) is 0.455. The zero-order chi connectivity index (χ0) is 22.9. The van der Waals surface area contributed by atoms with Gasteiger partial charge in [0.2, 0.25) is 0 Å². The Labute approximate surface area is 186 Å². The molecule has 168 valence electrons. The second-order valence-electron chi connectivity index (χ2n) is 7.94. The molecule has 0 radical (unpaired) electrons. The number of nitrogens with one attached hydrogen (secondary N) is 1. The number of nitrogens with zero attached hydrogens (tertiary/aromatic N) is 1. The van der Waals surface area contributed by atoms with E-state index in [0.29, 0.717) is 25.8 Å². The van der Waals surface area contributed by atoms with Crippen molar-refractivity contribution in [3.05, 3.63) is 52.0 Å². The first kappa shape index (κ1) is 24.5. The molecule has 31 heavy (non-hydrogen) atoms. The molecule has 0 saturated carbocycles. The molecule has 0 fully saturated rings. The molecule has 0 bridgehead atoms. The Morgan fingerprint density at radius 1 is 1.16 bits per heavy atom. The fourth-order valence-electron chi connectivity index (χ4n) is 2.73. The maximum atomic E-state index is 13.2. The molecule has 0 aliphatic heterocycles. The van der Waals surface area contributed by atoms with Crippen molar-refractivity contribution in [2.45, 2.75) is 58.3 Å². The molecule has 8 nitrogen and oxygen atoms in total. The second kappa shape index (κ2) is 11.6. The Morgan fingerprint density at radius 2 is 1.87 bits per heavy atom. The summed E-state index contributed by atoms with van der Waals surface area (Å²) < 4.78 is 10.6. The molecular weight excluding hydrogens is 418 g/mol. The summed E-state index contributed by atoms with van der Waals surface area (Å²) in [7, 11) is 0. The number of benzene rings is 1. The minimum absolute atomic E-state index is 0.0549. The molecule has 9 heteroatoms. The number of carbonyl (C=O) groups is 3. The number of esters is 1. The molecular formula is C22H29N3O5S. The van der Waals surface area contributed by atoms with Crippen molar-refractivity contribution in [2.75, 3.05) is 6.54 Å². The van der Waals surface area contributed by atoms with Crippen LogP contribution in [0, 0.1) is 0 Å².